The number of esters is 1. The lowest BCUT2D eigenvalue weighted by molar-refractivity contribution is -0.148. The highest BCUT2D eigenvalue weighted by atomic mass is 16.5. The fraction of sp³-hybridized carbons (Fsp3) is 0.857. The second kappa shape index (κ2) is 6.89. The van der Waals surface area contributed by atoms with E-state index >= 15 is 0 Å². The van der Waals surface area contributed by atoms with Crippen LogP contribution in [0.3, 0.4) is 0 Å². The summed E-state index contributed by atoms with van der Waals surface area (Å²) in [6, 6.07) is -0.594. The van der Waals surface area contributed by atoms with Gasteiger partial charge < -0.3 is 15.4 Å². The maximum atomic E-state index is 12.3. The van der Waals surface area contributed by atoms with Gasteiger partial charge in [-0.1, -0.05) is 13.8 Å². The SMILES string of the molecule is CCOC(=O)C(C)NC(=O)C(C)(C)C1CCCNC1. The van der Waals surface area contributed by atoms with Crippen molar-refractivity contribution in [2.24, 2.45) is 11.3 Å². The number of carbonyl (C=O) groups is 2. The molecular formula is C14H26N2O3. The van der Waals surface area contributed by atoms with Crippen molar-refractivity contribution in [2.45, 2.75) is 46.6 Å². The quantitative estimate of drug-likeness (QED) is 0.734. The van der Waals surface area contributed by atoms with Crippen molar-refractivity contribution in [3.63, 3.8) is 0 Å². The summed E-state index contributed by atoms with van der Waals surface area (Å²) in [4.78, 5) is 23.9. The molecule has 0 aromatic rings. The largest absolute Gasteiger partial charge is 0.464 e. The van der Waals surface area contributed by atoms with Crippen molar-refractivity contribution < 1.29 is 14.3 Å². The highest BCUT2D eigenvalue weighted by Gasteiger charge is 2.38. The average Bonchev–Trinajstić information content (AvgIpc) is 2.39. The van der Waals surface area contributed by atoms with Crippen molar-refractivity contribution >= 4 is 11.9 Å². The van der Waals surface area contributed by atoms with E-state index in [1.165, 1.54) is 0 Å². The fourth-order valence-corrected chi connectivity index (χ4v) is 2.36. The Kier molecular flexibility index (Phi) is 5.79. The number of hydrogen-bond donors (Lipinski definition) is 2. The summed E-state index contributed by atoms with van der Waals surface area (Å²) in [5.74, 6) is -0.161. The van der Waals surface area contributed by atoms with Gasteiger partial charge in [-0.3, -0.25) is 4.79 Å². The van der Waals surface area contributed by atoms with E-state index < -0.39 is 11.5 Å². The summed E-state index contributed by atoms with van der Waals surface area (Å²) >= 11 is 0. The Bertz CT molecular complexity index is 323. The molecule has 2 atom stereocenters. The number of piperidine rings is 1. The van der Waals surface area contributed by atoms with Crippen LogP contribution >= 0.6 is 0 Å². The molecule has 1 aliphatic rings. The minimum Gasteiger partial charge on any atom is -0.464 e. The fourth-order valence-electron chi connectivity index (χ4n) is 2.36. The zero-order chi connectivity index (χ0) is 14.5. The second-order valence-corrected chi connectivity index (χ2v) is 5.71. The molecule has 5 nitrogen and oxygen atoms in total. The van der Waals surface area contributed by atoms with Gasteiger partial charge in [-0.25, -0.2) is 4.79 Å². The van der Waals surface area contributed by atoms with E-state index in [1.54, 1.807) is 13.8 Å². The van der Waals surface area contributed by atoms with Crippen LogP contribution in [0.25, 0.3) is 0 Å². The van der Waals surface area contributed by atoms with Crippen LogP contribution in [0.5, 0.6) is 0 Å². The van der Waals surface area contributed by atoms with Crippen LogP contribution in [0.15, 0.2) is 0 Å². The van der Waals surface area contributed by atoms with Crippen LogP contribution in [0.2, 0.25) is 0 Å². The van der Waals surface area contributed by atoms with Gasteiger partial charge in [0.15, 0.2) is 0 Å². The molecule has 1 heterocycles. The van der Waals surface area contributed by atoms with Gasteiger partial charge in [0.25, 0.3) is 0 Å². The molecule has 1 rings (SSSR count). The maximum Gasteiger partial charge on any atom is 0.328 e. The second-order valence-electron chi connectivity index (χ2n) is 5.71. The summed E-state index contributed by atoms with van der Waals surface area (Å²) in [5, 5.41) is 6.08. The van der Waals surface area contributed by atoms with E-state index in [2.05, 4.69) is 10.6 Å². The van der Waals surface area contributed by atoms with Crippen LogP contribution < -0.4 is 10.6 Å². The molecule has 19 heavy (non-hydrogen) atoms. The van der Waals surface area contributed by atoms with Gasteiger partial charge in [-0.2, -0.15) is 0 Å². The van der Waals surface area contributed by atoms with E-state index in [0.717, 1.165) is 25.9 Å². The van der Waals surface area contributed by atoms with E-state index in [0.29, 0.717) is 12.5 Å². The van der Waals surface area contributed by atoms with Crippen molar-refractivity contribution in [1.29, 1.82) is 0 Å². The van der Waals surface area contributed by atoms with Gasteiger partial charge in [-0.05, 0) is 45.7 Å². The van der Waals surface area contributed by atoms with E-state index in [9.17, 15) is 9.59 Å². The molecule has 110 valence electrons. The lowest BCUT2D eigenvalue weighted by Gasteiger charge is -2.36. The van der Waals surface area contributed by atoms with Gasteiger partial charge >= 0.3 is 5.97 Å². The van der Waals surface area contributed by atoms with Gasteiger partial charge in [0, 0.05) is 5.41 Å². The maximum absolute atomic E-state index is 12.3. The standard InChI is InChI=1S/C14H26N2O3/c1-5-19-12(17)10(2)16-13(18)14(3,4)11-7-6-8-15-9-11/h10-11,15H,5-9H2,1-4H3,(H,16,18). The van der Waals surface area contributed by atoms with Crippen molar-refractivity contribution in [3.05, 3.63) is 0 Å². The summed E-state index contributed by atoms with van der Waals surface area (Å²) in [6.07, 6.45) is 2.13. The van der Waals surface area contributed by atoms with Crippen molar-refractivity contribution in [2.75, 3.05) is 19.7 Å². The molecule has 0 saturated carbocycles. The first-order valence-corrected chi connectivity index (χ1v) is 7.08. The molecule has 1 saturated heterocycles. The monoisotopic (exact) mass is 270 g/mol. The van der Waals surface area contributed by atoms with E-state index in [4.69, 9.17) is 4.74 Å². The molecule has 5 heteroatoms. The predicted molar refractivity (Wildman–Crippen MR) is 73.6 cm³/mol. The van der Waals surface area contributed by atoms with Crippen LogP contribution in [-0.4, -0.2) is 37.6 Å². The number of carbonyl (C=O) groups excluding carboxylic acids is 2. The number of amides is 1. The highest BCUT2D eigenvalue weighted by Crippen LogP contribution is 2.32. The highest BCUT2D eigenvalue weighted by molar-refractivity contribution is 5.87. The number of rotatable bonds is 5. The Morgan fingerprint density at radius 2 is 2.16 bits per heavy atom. The van der Waals surface area contributed by atoms with Gasteiger partial charge in [-0.15, -0.1) is 0 Å². The topological polar surface area (TPSA) is 67.4 Å². The molecule has 0 aliphatic carbocycles. The molecule has 2 unspecified atom stereocenters. The Morgan fingerprint density at radius 3 is 2.68 bits per heavy atom. The number of hydrogen-bond acceptors (Lipinski definition) is 4. The zero-order valence-corrected chi connectivity index (χ0v) is 12.4. The average molecular weight is 270 g/mol. The minimum atomic E-state index is -0.594. The Morgan fingerprint density at radius 1 is 1.47 bits per heavy atom. The van der Waals surface area contributed by atoms with E-state index in [-0.39, 0.29) is 11.9 Å². The third-order valence-electron chi connectivity index (χ3n) is 3.89. The zero-order valence-electron chi connectivity index (χ0n) is 12.4. The summed E-state index contributed by atoms with van der Waals surface area (Å²) in [7, 11) is 0. The molecule has 0 aromatic carbocycles. The molecule has 0 spiro atoms. The van der Waals surface area contributed by atoms with Gasteiger partial charge in [0.1, 0.15) is 6.04 Å². The van der Waals surface area contributed by atoms with Crippen LogP contribution in [0, 0.1) is 11.3 Å². The summed E-state index contributed by atoms with van der Waals surface area (Å²) in [6.45, 7) is 9.50. The van der Waals surface area contributed by atoms with Crippen molar-refractivity contribution in [3.8, 4) is 0 Å². The van der Waals surface area contributed by atoms with Crippen LogP contribution in [0.4, 0.5) is 0 Å². The van der Waals surface area contributed by atoms with Crippen molar-refractivity contribution in [1.82, 2.24) is 10.6 Å². The van der Waals surface area contributed by atoms with Gasteiger partial charge in [0.05, 0.1) is 6.61 Å². The Balaban J connectivity index is 2.57. The molecule has 1 aliphatic heterocycles. The molecule has 1 fully saturated rings. The van der Waals surface area contributed by atoms with Crippen LogP contribution in [0.1, 0.15) is 40.5 Å². The predicted octanol–water partition coefficient (Wildman–Crippen LogP) is 1.08. The first-order chi connectivity index (χ1) is 8.89. The Labute approximate surface area is 115 Å². The molecule has 0 radical (unpaired) electrons. The molecule has 0 bridgehead atoms. The lowest BCUT2D eigenvalue weighted by atomic mass is 9.74. The molecule has 1 amide bonds. The van der Waals surface area contributed by atoms with Gasteiger partial charge in [0.2, 0.25) is 5.91 Å². The van der Waals surface area contributed by atoms with Crippen LogP contribution in [-0.2, 0) is 14.3 Å². The first kappa shape index (κ1) is 16.0. The Hall–Kier alpha value is -1.10. The molecule has 2 N–H and O–H groups in total. The summed E-state index contributed by atoms with van der Waals surface area (Å²) < 4.78 is 4.90. The normalized spacial score (nSPS) is 21.6. The lowest BCUT2D eigenvalue weighted by Crippen LogP contribution is -2.51. The minimum absolute atomic E-state index is 0.0817. The molecular weight excluding hydrogens is 244 g/mol. The smallest absolute Gasteiger partial charge is 0.328 e. The number of nitrogens with one attached hydrogen (secondary N) is 2. The molecule has 0 aromatic heterocycles. The third kappa shape index (κ3) is 4.20. The first-order valence-electron chi connectivity index (χ1n) is 7.08. The third-order valence-corrected chi connectivity index (χ3v) is 3.89. The summed E-state index contributed by atoms with van der Waals surface area (Å²) in [5.41, 5.74) is -0.478. The van der Waals surface area contributed by atoms with E-state index in [1.807, 2.05) is 13.8 Å². The number of ether oxygens (including phenoxy) is 1.